The highest BCUT2D eigenvalue weighted by molar-refractivity contribution is 6.14. The van der Waals surface area contributed by atoms with E-state index in [0.29, 0.717) is 5.92 Å². The van der Waals surface area contributed by atoms with Gasteiger partial charge in [-0.2, -0.15) is 0 Å². The molecule has 3 aliphatic carbocycles. The zero-order valence-electron chi connectivity index (χ0n) is 28.3. The van der Waals surface area contributed by atoms with Crippen molar-refractivity contribution >= 4 is 77.2 Å². The third-order valence-corrected chi connectivity index (χ3v) is 9.35. The monoisotopic (exact) mass is 626 g/mol. The van der Waals surface area contributed by atoms with E-state index < -0.39 is 0 Å². The summed E-state index contributed by atoms with van der Waals surface area (Å²) in [5, 5.41) is 9.65. The summed E-state index contributed by atoms with van der Waals surface area (Å²) in [6.07, 6.45) is 16.2. The van der Waals surface area contributed by atoms with E-state index in [-0.39, 0.29) is 0 Å². The molecule has 0 fully saturated rings. The van der Waals surface area contributed by atoms with E-state index in [0.717, 1.165) is 105 Å². The highest BCUT2D eigenvalue weighted by atomic mass is 15.4. The summed E-state index contributed by atoms with van der Waals surface area (Å²) in [6, 6.07) is 16.9. The quantitative estimate of drug-likeness (QED) is 0.212. The van der Waals surface area contributed by atoms with Crippen LogP contribution < -0.4 is 21.4 Å². The minimum atomic E-state index is 0.295. The van der Waals surface area contributed by atoms with Crippen LogP contribution in [0.2, 0.25) is 0 Å². The van der Waals surface area contributed by atoms with Gasteiger partial charge in [-0.05, 0) is 12.3 Å². The van der Waals surface area contributed by atoms with Crippen molar-refractivity contribution in [3.63, 3.8) is 0 Å². The van der Waals surface area contributed by atoms with E-state index in [1.54, 1.807) is 0 Å². The van der Waals surface area contributed by atoms with Crippen molar-refractivity contribution in [1.82, 2.24) is 29.0 Å². The first-order valence-corrected chi connectivity index (χ1v) is 17.2. The topological polar surface area (TPSA) is 60.4 Å². The van der Waals surface area contributed by atoms with Crippen molar-refractivity contribution in [1.29, 1.82) is 0 Å². The van der Waals surface area contributed by atoms with E-state index >= 15 is 0 Å². The normalized spacial score (nSPS) is 16.1. The highest BCUT2D eigenvalue weighted by Gasteiger charge is 2.27. The van der Waals surface area contributed by atoms with Crippen molar-refractivity contribution in [2.24, 2.45) is 5.92 Å². The number of allylic oxidation sites excluding steroid dienone is 7. The Morgan fingerprint density at radius 3 is 1.44 bits per heavy atom. The van der Waals surface area contributed by atoms with Crippen molar-refractivity contribution in [2.75, 3.05) is 0 Å². The lowest BCUT2D eigenvalue weighted by atomic mass is 10.1. The molecule has 8 aromatic rings. The van der Waals surface area contributed by atoms with Gasteiger partial charge in [0.25, 0.3) is 0 Å². The SMILES string of the molecule is C=CC1=c2nc3c4ccccc4c4nc5c6c(nc7c8ccccc8c(nc(c26)=C1/C=C\CC)n7n43)=C1C=CC(C)C=CC=51.CC.CC. The maximum absolute atomic E-state index is 5.63. The number of nitrogens with zero attached hydrogens (tertiary/aromatic N) is 6. The molecule has 6 heterocycles. The summed E-state index contributed by atoms with van der Waals surface area (Å²) < 4.78 is 4.30. The van der Waals surface area contributed by atoms with Crippen LogP contribution in [-0.4, -0.2) is 29.0 Å². The molecule has 48 heavy (non-hydrogen) atoms. The van der Waals surface area contributed by atoms with Crippen LogP contribution in [0.5, 0.6) is 0 Å². The van der Waals surface area contributed by atoms with Crippen molar-refractivity contribution in [3.8, 4) is 0 Å². The second-order valence-electron chi connectivity index (χ2n) is 11.8. The number of rotatable bonds is 3. The Balaban J connectivity index is 0.000000812. The molecule has 1 unspecified atom stereocenters. The number of aromatic nitrogens is 6. The van der Waals surface area contributed by atoms with Gasteiger partial charge in [0.1, 0.15) is 0 Å². The zero-order chi connectivity index (χ0) is 33.3. The molecule has 3 aliphatic rings. The number of hydrogen-bond donors (Lipinski definition) is 0. The maximum atomic E-state index is 5.63. The second kappa shape index (κ2) is 11.3. The average Bonchev–Trinajstić information content (AvgIpc) is 3.78. The molecule has 6 heteroatoms. The van der Waals surface area contributed by atoms with Crippen LogP contribution in [-0.2, 0) is 0 Å². The summed E-state index contributed by atoms with van der Waals surface area (Å²) in [5.41, 5.74) is 7.43. The van der Waals surface area contributed by atoms with E-state index in [1.807, 2.05) is 33.8 Å². The van der Waals surface area contributed by atoms with E-state index in [9.17, 15) is 0 Å². The van der Waals surface area contributed by atoms with Crippen LogP contribution in [0.15, 0.2) is 97.6 Å². The molecule has 2 aromatic carbocycles. The predicted molar refractivity (Wildman–Crippen MR) is 201 cm³/mol. The van der Waals surface area contributed by atoms with E-state index in [2.05, 4.69) is 114 Å². The van der Waals surface area contributed by atoms with Crippen LogP contribution in [0.25, 0.3) is 77.2 Å². The molecule has 0 amide bonds. The molecule has 6 nitrogen and oxygen atoms in total. The minimum Gasteiger partial charge on any atom is -0.227 e. The molecular formula is C42H38N6. The van der Waals surface area contributed by atoms with Gasteiger partial charge in [0.05, 0.1) is 21.4 Å². The fourth-order valence-electron chi connectivity index (χ4n) is 7.36. The van der Waals surface area contributed by atoms with Crippen LogP contribution in [0.1, 0.15) is 48.0 Å². The molecule has 0 N–H and O–H groups in total. The third-order valence-electron chi connectivity index (χ3n) is 9.35. The number of benzene rings is 2. The Bertz CT molecular complexity index is 2760. The third kappa shape index (κ3) is 3.80. The molecule has 236 valence electrons. The van der Waals surface area contributed by atoms with Gasteiger partial charge in [-0.25, -0.2) is 29.0 Å². The fraction of sp³-hybridized carbons (Fsp3) is 0.190. The lowest BCUT2D eigenvalue weighted by Gasteiger charge is -2.03. The van der Waals surface area contributed by atoms with Gasteiger partial charge in [0, 0.05) is 54.6 Å². The average molecular weight is 627 g/mol. The van der Waals surface area contributed by atoms with Crippen molar-refractivity contribution in [3.05, 3.63) is 119 Å². The second-order valence-corrected chi connectivity index (χ2v) is 11.8. The molecule has 0 saturated heterocycles. The first kappa shape index (κ1) is 29.8. The fourth-order valence-corrected chi connectivity index (χ4v) is 7.36. The minimum absolute atomic E-state index is 0.295. The summed E-state index contributed by atoms with van der Waals surface area (Å²) in [7, 11) is 0. The predicted octanol–water partition coefficient (Wildman–Crippen LogP) is 6.98. The Morgan fingerprint density at radius 2 is 1.02 bits per heavy atom. The van der Waals surface area contributed by atoms with Gasteiger partial charge in [-0.1, -0.05) is 139 Å². The maximum Gasteiger partial charge on any atom is 0.163 e. The van der Waals surface area contributed by atoms with E-state index in [1.165, 1.54) is 0 Å². The van der Waals surface area contributed by atoms with Gasteiger partial charge < -0.3 is 0 Å². The van der Waals surface area contributed by atoms with Gasteiger partial charge in [-0.15, -0.1) is 0 Å². The molecule has 0 saturated carbocycles. The molecule has 0 spiro atoms. The number of hydrogen-bond acceptors (Lipinski definition) is 4. The van der Waals surface area contributed by atoms with Crippen molar-refractivity contribution in [2.45, 2.75) is 48.0 Å². The molecule has 11 rings (SSSR count). The van der Waals surface area contributed by atoms with Crippen LogP contribution in [0, 0.1) is 5.92 Å². The van der Waals surface area contributed by atoms with Crippen LogP contribution in [0.4, 0.5) is 0 Å². The Morgan fingerprint density at radius 1 is 0.625 bits per heavy atom. The molecule has 0 radical (unpaired) electrons. The Kier molecular flexibility index (Phi) is 6.99. The zero-order valence-corrected chi connectivity index (χ0v) is 28.3. The summed E-state index contributed by atoms with van der Waals surface area (Å²) in [4.78, 5) is 22.5. The highest BCUT2D eigenvalue weighted by Crippen LogP contribution is 2.32. The molecule has 6 aromatic heterocycles. The summed E-state index contributed by atoms with van der Waals surface area (Å²) in [6.45, 7) is 16.7. The largest absolute Gasteiger partial charge is 0.227 e. The van der Waals surface area contributed by atoms with Gasteiger partial charge in [0.2, 0.25) is 0 Å². The van der Waals surface area contributed by atoms with Crippen LogP contribution >= 0.6 is 0 Å². The molecule has 12 bridgehead atoms. The first-order chi connectivity index (χ1) is 23.7. The van der Waals surface area contributed by atoms with Crippen LogP contribution in [0.3, 0.4) is 0 Å². The lowest BCUT2D eigenvalue weighted by Crippen LogP contribution is -2.21. The van der Waals surface area contributed by atoms with Gasteiger partial charge in [-0.3, -0.25) is 0 Å². The standard InChI is InChI=1S/C38H26N6.2C2H6/c1-4-6-11-22-21(5-2)31-29-30-33-23-18-16-20(3)17-19-24(23)34(30)42-38-28-15-10-9-14-27(28)36(40-32(22)29)44(38)43-35(39-31)25-12-7-8-13-26(25)37(43)41-33;2*1-2/h5-20H,2,4H2,1,3H3;2*1-2H3/b11-6-,30-29?,39-31?,39-35?,40-32?,40-36?,41-33?,41-37?,42-34?,42-38?;;. The molecular weight excluding hydrogens is 589 g/mol. The Labute approximate surface area is 278 Å². The smallest absolute Gasteiger partial charge is 0.163 e. The lowest BCUT2D eigenvalue weighted by molar-refractivity contribution is 0.879. The van der Waals surface area contributed by atoms with Crippen molar-refractivity contribution < 1.29 is 0 Å². The molecule has 1 atom stereocenters. The van der Waals surface area contributed by atoms with E-state index in [4.69, 9.17) is 19.9 Å². The van der Waals surface area contributed by atoms with Gasteiger partial charge in [0.15, 0.2) is 22.6 Å². The summed E-state index contributed by atoms with van der Waals surface area (Å²) >= 11 is 0. The van der Waals surface area contributed by atoms with Gasteiger partial charge >= 0.3 is 0 Å². The summed E-state index contributed by atoms with van der Waals surface area (Å²) in [5.74, 6) is 0.295. The Hall–Kier alpha value is -5.62. The molecule has 0 aliphatic heterocycles. The number of fused-ring (bicyclic) bond motifs is 3. The first-order valence-electron chi connectivity index (χ1n) is 17.2.